The van der Waals surface area contributed by atoms with Gasteiger partial charge in [-0.2, -0.15) is 0 Å². The van der Waals surface area contributed by atoms with E-state index >= 15 is 0 Å². The van der Waals surface area contributed by atoms with E-state index < -0.39 is 28.5 Å². The molecule has 0 heterocycles. The first-order valence-corrected chi connectivity index (χ1v) is 8.76. The first-order chi connectivity index (χ1) is 10.9. The van der Waals surface area contributed by atoms with Crippen LogP contribution < -0.4 is 9.83 Å². The lowest BCUT2D eigenvalue weighted by Gasteiger charge is -2.20. The van der Waals surface area contributed by atoms with Crippen LogP contribution in [0.3, 0.4) is 0 Å². The zero-order valence-corrected chi connectivity index (χ0v) is 13.5. The van der Waals surface area contributed by atoms with Crippen LogP contribution in [-0.4, -0.2) is 14.4 Å². The minimum Gasteiger partial charge on any atom is -0.550 e. The summed E-state index contributed by atoms with van der Waals surface area (Å²) < 4.78 is 27.4. The van der Waals surface area contributed by atoms with E-state index in [1.165, 1.54) is 12.1 Å². The molecule has 1 N–H and O–H groups in total. The summed E-state index contributed by atoms with van der Waals surface area (Å²) in [6, 6.07) is 14.2. The van der Waals surface area contributed by atoms with Crippen LogP contribution >= 0.6 is 0 Å². The second kappa shape index (κ2) is 7.39. The molecule has 0 bridgehead atoms. The molecule has 23 heavy (non-hydrogen) atoms. The Kier molecular flexibility index (Phi) is 5.52. The maximum Gasteiger partial charge on any atom is 0.241 e. The molecule has 0 saturated carbocycles. The number of nitrogens with one attached hydrogen (secondary N) is 1. The summed E-state index contributed by atoms with van der Waals surface area (Å²) in [5.74, 6) is -1.32. The van der Waals surface area contributed by atoms with E-state index in [0.717, 1.165) is 12.0 Å². The summed E-state index contributed by atoms with van der Waals surface area (Å²) in [4.78, 5) is 11.0. The Labute approximate surface area is 136 Å². The van der Waals surface area contributed by atoms with Crippen LogP contribution in [0.25, 0.3) is 0 Å². The Morgan fingerprint density at radius 1 is 1.09 bits per heavy atom. The third-order valence-corrected chi connectivity index (χ3v) is 5.00. The smallest absolute Gasteiger partial charge is 0.241 e. The Hall–Kier alpha value is -2.18. The van der Waals surface area contributed by atoms with Crippen molar-refractivity contribution in [1.29, 1.82) is 0 Å². The highest BCUT2D eigenvalue weighted by molar-refractivity contribution is 7.89. The van der Waals surface area contributed by atoms with Gasteiger partial charge in [-0.25, -0.2) is 13.1 Å². The highest BCUT2D eigenvalue weighted by atomic mass is 32.2. The monoisotopic (exact) mass is 332 g/mol. The fourth-order valence-electron chi connectivity index (χ4n) is 2.24. The van der Waals surface area contributed by atoms with Gasteiger partial charge in [-0.05, 0) is 29.7 Å². The van der Waals surface area contributed by atoms with Crippen molar-refractivity contribution in [2.45, 2.75) is 30.7 Å². The van der Waals surface area contributed by atoms with Gasteiger partial charge in [0.25, 0.3) is 0 Å². The summed E-state index contributed by atoms with van der Waals surface area (Å²) in [7, 11) is -3.82. The predicted molar refractivity (Wildman–Crippen MR) is 84.9 cm³/mol. The van der Waals surface area contributed by atoms with Crippen molar-refractivity contribution >= 4 is 16.0 Å². The number of carboxylic acids is 1. The SMILES string of the molecule is CCc1ccc(S(=O)(=O)NC(CC(=O)[O-])c2ccccc2)cc1. The molecule has 0 aliphatic rings. The molecule has 0 spiro atoms. The van der Waals surface area contributed by atoms with Gasteiger partial charge in [0.1, 0.15) is 0 Å². The Morgan fingerprint density at radius 3 is 2.22 bits per heavy atom. The van der Waals surface area contributed by atoms with E-state index in [2.05, 4.69) is 4.72 Å². The average Bonchev–Trinajstić information content (AvgIpc) is 2.54. The first kappa shape index (κ1) is 17.2. The van der Waals surface area contributed by atoms with E-state index in [9.17, 15) is 18.3 Å². The number of carbonyl (C=O) groups is 1. The van der Waals surface area contributed by atoms with E-state index in [0.29, 0.717) is 5.56 Å². The van der Waals surface area contributed by atoms with Crippen molar-refractivity contribution < 1.29 is 18.3 Å². The number of benzene rings is 2. The summed E-state index contributed by atoms with van der Waals surface area (Å²) in [6.45, 7) is 1.98. The molecule has 0 aromatic heterocycles. The van der Waals surface area contributed by atoms with Gasteiger partial charge in [-0.15, -0.1) is 0 Å². The normalized spacial score (nSPS) is 12.7. The third kappa shape index (κ3) is 4.64. The zero-order chi connectivity index (χ0) is 16.9. The van der Waals surface area contributed by atoms with Gasteiger partial charge < -0.3 is 9.90 Å². The number of sulfonamides is 1. The van der Waals surface area contributed by atoms with Crippen LogP contribution in [0.1, 0.15) is 30.5 Å². The van der Waals surface area contributed by atoms with Crippen molar-refractivity contribution in [1.82, 2.24) is 4.72 Å². The summed E-state index contributed by atoms with van der Waals surface area (Å²) in [5, 5.41) is 10.9. The Morgan fingerprint density at radius 2 is 1.70 bits per heavy atom. The minimum absolute atomic E-state index is 0.106. The van der Waals surface area contributed by atoms with Crippen LogP contribution in [0.2, 0.25) is 0 Å². The van der Waals surface area contributed by atoms with E-state index in [1.807, 2.05) is 6.92 Å². The van der Waals surface area contributed by atoms with Crippen LogP contribution in [0, 0.1) is 0 Å². The van der Waals surface area contributed by atoms with Gasteiger partial charge in [0.15, 0.2) is 0 Å². The average molecular weight is 332 g/mol. The Balaban J connectivity index is 2.28. The fraction of sp³-hybridized carbons (Fsp3) is 0.235. The molecule has 122 valence electrons. The van der Waals surface area contributed by atoms with Gasteiger partial charge in [-0.1, -0.05) is 49.4 Å². The largest absolute Gasteiger partial charge is 0.550 e. The van der Waals surface area contributed by atoms with E-state index in [1.54, 1.807) is 42.5 Å². The number of carboxylic acid groups (broad SMARTS) is 1. The Bertz CT molecular complexity index is 755. The second-order valence-electron chi connectivity index (χ2n) is 5.16. The van der Waals surface area contributed by atoms with Crippen molar-refractivity contribution in [2.24, 2.45) is 0 Å². The third-order valence-electron chi connectivity index (χ3n) is 3.51. The van der Waals surface area contributed by atoms with E-state index in [4.69, 9.17) is 0 Å². The highest BCUT2D eigenvalue weighted by Gasteiger charge is 2.21. The molecular weight excluding hydrogens is 314 g/mol. The molecule has 2 aromatic carbocycles. The molecule has 0 fully saturated rings. The highest BCUT2D eigenvalue weighted by Crippen LogP contribution is 2.20. The van der Waals surface area contributed by atoms with Crippen LogP contribution in [0.4, 0.5) is 0 Å². The maximum absolute atomic E-state index is 12.5. The van der Waals surface area contributed by atoms with Crippen LogP contribution in [0.15, 0.2) is 59.5 Å². The van der Waals surface area contributed by atoms with Gasteiger partial charge in [-0.3, -0.25) is 0 Å². The molecule has 5 nitrogen and oxygen atoms in total. The molecule has 2 rings (SSSR count). The first-order valence-electron chi connectivity index (χ1n) is 7.28. The fourth-order valence-corrected chi connectivity index (χ4v) is 3.46. The standard InChI is InChI=1S/C17H19NO4S/c1-2-13-8-10-15(11-9-13)23(21,22)18-16(12-17(19)20)14-6-4-3-5-7-14/h3-11,16,18H,2,12H2,1H3,(H,19,20)/p-1. The lowest BCUT2D eigenvalue weighted by molar-refractivity contribution is -0.306. The molecule has 0 aliphatic carbocycles. The molecule has 0 aliphatic heterocycles. The van der Waals surface area contributed by atoms with Crippen molar-refractivity contribution in [3.8, 4) is 0 Å². The molecule has 0 radical (unpaired) electrons. The molecular formula is C17H18NO4S-. The van der Waals surface area contributed by atoms with E-state index in [-0.39, 0.29) is 4.90 Å². The zero-order valence-electron chi connectivity index (χ0n) is 12.7. The summed E-state index contributed by atoms with van der Waals surface area (Å²) in [5.41, 5.74) is 1.60. The molecule has 2 aromatic rings. The predicted octanol–water partition coefficient (Wildman–Crippen LogP) is 1.41. The maximum atomic E-state index is 12.5. The number of carbonyl (C=O) groups excluding carboxylic acids is 1. The summed E-state index contributed by atoms with van der Waals surface area (Å²) >= 11 is 0. The number of hydrogen-bond acceptors (Lipinski definition) is 4. The van der Waals surface area contributed by atoms with Crippen LogP contribution in [0.5, 0.6) is 0 Å². The lowest BCUT2D eigenvalue weighted by atomic mass is 10.1. The van der Waals surface area contributed by atoms with Crippen molar-refractivity contribution in [2.75, 3.05) is 0 Å². The molecule has 0 amide bonds. The lowest BCUT2D eigenvalue weighted by Crippen LogP contribution is -2.34. The molecule has 0 saturated heterocycles. The van der Waals surface area contributed by atoms with Gasteiger partial charge in [0, 0.05) is 12.4 Å². The number of aliphatic carboxylic acids is 1. The van der Waals surface area contributed by atoms with Crippen LogP contribution in [-0.2, 0) is 21.2 Å². The molecule has 1 unspecified atom stereocenters. The number of aryl methyl sites for hydroxylation is 1. The van der Waals surface area contributed by atoms with Gasteiger partial charge in [0.2, 0.25) is 10.0 Å². The quantitative estimate of drug-likeness (QED) is 0.830. The van der Waals surface area contributed by atoms with Crippen molar-refractivity contribution in [3.63, 3.8) is 0 Å². The minimum atomic E-state index is -3.82. The van der Waals surface area contributed by atoms with Crippen molar-refractivity contribution in [3.05, 3.63) is 65.7 Å². The molecule has 1 atom stereocenters. The number of rotatable bonds is 7. The summed E-state index contributed by atoms with van der Waals surface area (Å²) in [6.07, 6.45) is 0.376. The number of hydrogen-bond donors (Lipinski definition) is 1. The van der Waals surface area contributed by atoms with Gasteiger partial charge in [0.05, 0.1) is 10.9 Å². The second-order valence-corrected chi connectivity index (χ2v) is 6.87. The van der Waals surface area contributed by atoms with Gasteiger partial charge >= 0.3 is 0 Å². The topological polar surface area (TPSA) is 86.3 Å². The molecule has 6 heteroatoms.